The lowest BCUT2D eigenvalue weighted by Gasteiger charge is -2.42. The monoisotopic (exact) mass is 444 g/mol. The van der Waals surface area contributed by atoms with Gasteiger partial charge < -0.3 is 24.4 Å². The quantitative estimate of drug-likeness (QED) is 0.729. The van der Waals surface area contributed by atoms with E-state index in [1.807, 2.05) is 11.4 Å². The van der Waals surface area contributed by atoms with Crippen LogP contribution in [0.1, 0.15) is 39.3 Å². The first-order valence-corrected chi connectivity index (χ1v) is 11.0. The van der Waals surface area contributed by atoms with E-state index in [1.54, 1.807) is 36.2 Å². The first-order valence-electron chi connectivity index (χ1n) is 10.1. The Bertz CT molecular complexity index is 976. The van der Waals surface area contributed by atoms with Crippen LogP contribution in [0.15, 0.2) is 35.7 Å². The number of carbonyl (C=O) groups is 3. The second-order valence-electron chi connectivity index (χ2n) is 7.59. The van der Waals surface area contributed by atoms with Gasteiger partial charge in [-0.15, -0.1) is 11.3 Å². The normalized spacial score (nSPS) is 23.0. The van der Waals surface area contributed by atoms with Crippen molar-refractivity contribution in [3.8, 4) is 5.75 Å². The highest BCUT2D eigenvalue weighted by atomic mass is 32.1. The Morgan fingerprint density at radius 2 is 2.13 bits per heavy atom. The van der Waals surface area contributed by atoms with Crippen LogP contribution in [-0.2, 0) is 14.3 Å². The van der Waals surface area contributed by atoms with Crippen LogP contribution in [0, 0.1) is 0 Å². The number of benzene rings is 1. The largest absolute Gasteiger partial charge is 0.490 e. The Kier molecular flexibility index (Phi) is 6.24. The number of fused-ring (bicyclic) bond motifs is 2. The van der Waals surface area contributed by atoms with Gasteiger partial charge in [-0.3, -0.25) is 14.4 Å². The van der Waals surface area contributed by atoms with E-state index >= 15 is 0 Å². The number of methoxy groups -OCH3 is 1. The number of amides is 2. The number of anilines is 1. The summed E-state index contributed by atoms with van der Waals surface area (Å²) in [7, 11) is 3.10. The van der Waals surface area contributed by atoms with Crippen molar-refractivity contribution >= 4 is 34.8 Å². The van der Waals surface area contributed by atoms with Crippen molar-refractivity contribution in [2.24, 2.45) is 0 Å². The number of hydrogen-bond acceptors (Lipinski definition) is 7. The second kappa shape index (κ2) is 9.07. The highest BCUT2D eigenvalue weighted by Gasteiger charge is 2.39. The van der Waals surface area contributed by atoms with Gasteiger partial charge in [-0.05, 0) is 42.5 Å². The van der Waals surface area contributed by atoms with E-state index in [4.69, 9.17) is 14.2 Å². The number of thiophene rings is 1. The van der Waals surface area contributed by atoms with Crippen molar-refractivity contribution in [1.82, 2.24) is 4.90 Å². The maximum Gasteiger partial charge on any atom is 0.308 e. The van der Waals surface area contributed by atoms with Gasteiger partial charge in [0.05, 0.1) is 36.1 Å². The Morgan fingerprint density at radius 1 is 1.29 bits per heavy atom. The van der Waals surface area contributed by atoms with Gasteiger partial charge in [-0.2, -0.15) is 0 Å². The van der Waals surface area contributed by atoms with Crippen LogP contribution in [0.5, 0.6) is 5.75 Å². The van der Waals surface area contributed by atoms with E-state index in [0.29, 0.717) is 34.7 Å². The van der Waals surface area contributed by atoms with Crippen molar-refractivity contribution < 1.29 is 28.6 Å². The molecule has 0 unspecified atom stereocenters. The molecular weight excluding hydrogens is 420 g/mol. The van der Waals surface area contributed by atoms with Crippen molar-refractivity contribution in [3.63, 3.8) is 0 Å². The summed E-state index contributed by atoms with van der Waals surface area (Å²) in [6.07, 6.45) is 0.930. The highest BCUT2D eigenvalue weighted by molar-refractivity contribution is 7.12. The number of nitrogens with one attached hydrogen (secondary N) is 1. The summed E-state index contributed by atoms with van der Waals surface area (Å²) in [5, 5.41) is 4.66. The number of rotatable bonds is 4. The third kappa shape index (κ3) is 4.57. The number of hydrogen-bond donors (Lipinski definition) is 1. The minimum Gasteiger partial charge on any atom is -0.490 e. The molecule has 2 aliphatic rings. The van der Waals surface area contributed by atoms with Gasteiger partial charge in [0.25, 0.3) is 11.8 Å². The second-order valence-corrected chi connectivity index (χ2v) is 8.54. The Hall–Kier alpha value is -2.91. The molecule has 0 saturated carbocycles. The molecule has 0 aliphatic carbocycles. The zero-order valence-corrected chi connectivity index (χ0v) is 18.1. The van der Waals surface area contributed by atoms with Gasteiger partial charge in [-0.1, -0.05) is 6.07 Å². The minimum atomic E-state index is -0.344. The Balaban J connectivity index is 1.52. The standard InChI is InChI=1S/C22H24N2O6S/c1-24-16-7-6-14(11-20(25)28-2)30-18(16)12-29-17-8-5-13(10-15(17)22(24)27)23-21(26)19-4-3-9-31-19/h3-5,8-10,14,16,18H,6-7,11-12H2,1-2H3,(H,23,26)/t14-,16-,18+/m0/s1. The molecule has 0 radical (unpaired) electrons. The molecule has 31 heavy (non-hydrogen) atoms. The molecule has 1 saturated heterocycles. The third-order valence-electron chi connectivity index (χ3n) is 5.64. The molecule has 2 aliphatic heterocycles. The van der Waals surface area contributed by atoms with Crippen LogP contribution < -0.4 is 10.1 Å². The van der Waals surface area contributed by atoms with Gasteiger partial charge >= 0.3 is 5.97 Å². The van der Waals surface area contributed by atoms with E-state index in [9.17, 15) is 14.4 Å². The van der Waals surface area contributed by atoms with Crippen molar-refractivity contribution in [3.05, 3.63) is 46.2 Å². The fraction of sp³-hybridized carbons (Fsp3) is 0.409. The SMILES string of the molecule is COC(=O)C[C@@H]1CC[C@H]2[C@@H](COc3ccc(NC(=O)c4cccs4)cc3C(=O)N2C)O1. The molecule has 2 aromatic rings. The molecule has 1 N–H and O–H groups in total. The van der Waals surface area contributed by atoms with Crippen LogP contribution in [0.2, 0.25) is 0 Å². The zero-order valence-electron chi connectivity index (χ0n) is 17.3. The topological polar surface area (TPSA) is 94.2 Å². The van der Waals surface area contributed by atoms with Gasteiger partial charge in [-0.25, -0.2) is 0 Å². The molecule has 8 nitrogen and oxygen atoms in total. The lowest BCUT2D eigenvalue weighted by atomic mass is 9.94. The lowest BCUT2D eigenvalue weighted by molar-refractivity contribution is -0.151. The van der Waals surface area contributed by atoms with Crippen LogP contribution in [0.25, 0.3) is 0 Å². The smallest absolute Gasteiger partial charge is 0.308 e. The van der Waals surface area contributed by atoms with Gasteiger partial charge in [0.2, 0.25) is 0 Å². The molecule has 4 rings (SSSR count). The molecule has 2 amide bonds. The average molecular weight is 445 g/mol. The van der Waals surface area contributed by atoms with Gasteiger partial charge in [0.1, 0.15) is 18.5 Å². The number of esters is 1. The number of likely N-dealkylation sites (N-methyl/N-ethyl adjacent to an activating group) is 1. The molecule has 1 fully saturated rings. The first kappa shape index (κ1) is 21.3. The first-order chi connectivity index (χ1) is 15.0. The lowest BCUT2D eigenvalue weighted by Crippen LogP contribution is -2.53. The molecular formula is C22H24N2O6S. The maximum absolute atomic E-state index is 13.2. The summed E-state index contributed by atoms with van der Waals surface area (Å²) in [6, 6.07) is 8.42. The predicted molar refractivity (Wildman–Crippen MR) is 115 cm³/mol. The predicted octanol–water partition coefficient (Wildman–Crippen LogP) is 2.94. The fourth-order valence-electron chi connectivity index (χ4n) is 3.97. The highest BCUT2D eigenvalue weighted by Crippen LogP contribution is 2.32. The number of carbonyl (C=O) groups excluding carboxylic acids is 3. The van der Waals surface area contributed by atoms with E-state index < -0.39 is 0 Å². The summed E-state index contributed by atoms with van der Waals surface area (Å²) in [5.74, 6) is -0.308. The summed E-state index contributed by atoms with van der Waals surface area (Å²) < 4.78 is 16.7. The summed E-state index contributed by atoms with van der Waals surface area (Å²) in [5.41, 5.74) is 0.916. The zero-order chi connectivity index (χ0) is 22.0. The minimum absolute atomic E-state index is 0.168. The molecule has 3 atom stereocenters. The Labute approximate surface area is 184 Å². The van der Waals surface area contributed by atoms with E-state index in [-0.39, 0.29) is 49.1 Å². The molecule has 0 bridgehead atoms. The molecule has 9 heteroatoms. The molecule has 1 aromatic heterocycles. The van der Waals surface area contributed by atoms with Crippen LogP contribution in [0.3, 0.4) is 0 Å². The van der Waals surface area contributed by atoms with E-state index in [0.717, 1.165) is 0 Å². The van der Waals surface area contributed by atoms with Crippen LogP contribution in [0.4, 0.5) is 5.69 Å². The average Bonchev–Trinajstić information content (AvgIpc) is 3.32. The third-order valence-corrected chi connectivity index (χ3v) is 6.51. The molecule has 3 heterocycles. The molecule has 0 spiro atoms. The summed E-state index contributed by atoms with van der Waals surface area (Å²) >= 11 is 1.35. The Morgan fingerprint density at radius 3 is 2.87 bits per heavy atom. The summed E-state index contributed by atoms with van der Waals surface area (Å²) in [4.78, 5) is 39.4. The summed E-state index contributed by atoms with van der Waals surface area (Å²) in [6.45, 7) is 0.258. The van der Waals surface area contributed by atoms with E-state index in [1.165, 1.54) is 18.4 Å². The van der Waals surface area contributed by atoms with Crippen molar-refractivity contribution in [1.29, 1.82) is 0 Å². The number of nitrogens with zero attached hydrogens (tertiary/aromatic N) is 1. The fourth-order valence-corrected chi connectivity index (χ4v) is 4.59. The maximum atomic E-state index is 13.2. The van der Waals surface area contributed by atoms with Crippen LogP contribution in [-0.4, -0.2) is 61.7 Å². The number of ether oxygens (including phenoxy) is 3. The van der Waals surface area contributed by atoms with Gasteiger partial charge in [0.15, 0.2) is 0 Å². The van der Waals surface area contributed by atoms with Crippen LogP contribution >= 0.6 is 11.3 Å². The molecule has 1 aromatic carbocycles. The van der Waals surface area contributed by atoms with Crippen molar-refractivity contribution in [2.75, 3.05) is 26.1 Å². The molecule has 164 valence electrons. The van der Waals surface area contributed by atoms with E-state index in [2.05, 4.69) is 5.32 Å². The van der Waals surface area contributed by atoms with Crippen molar-refractivity contribution in [2.45, 2.75) is 37.5 Å². The van der Waals surface area contributed by atoms with Gasteiger partial charge in [0, 0.05) is 12.7 Å².